The Balaban J connectivity index is 1.60. The summed E-state index contributed by atoms with van der Waals surface area (Å²) in [4.78, 5) is 13.8. The zero-order valence-electron chi connectivity index (χ0n) is 12.4. The summed E-state index contributed by atoms with van der Waals surface area (Å²) in [6, 6.07) is 4.44. The van der Waals surface area contributed by atoms with Crippen molar-refractivity contribution < 1.29 is 4.74 Å². The number of nitrogens with zero attached hydrogens (tertiary/aromatic N) is 3. The van der Waals surface area contributed by atoms with Gasteiger partial charge < -0.3 is 4.74 Å². The molecule has 1 aliphatic heterocycles. The zero-order valence-corrected chi connectivity index (χ0v) is 13.2. The van der Waals surface area contributed by atoms with Crippen LogP contribution in [0.2, 0.25) is 0 Å². The van der Waals surface area contributed by atoms with E-state index in [1.54, 1.807) is 12.4 Å². The molecule has 3 heterocycles. The molecule has 3 rings (SSSR count). The van der Waals surface area contributed by atoms with E-state index >= 15 is 0 Å². The molecule has 0 bridgehead atoms. The quantitative estimate of drug-likeness (QED) is 0.870. The number of hydrogen-bond donors (Lipinski definition) is 0. The van der Waals surface area contributed by atoms with Crippen molar-refractivity contribution in [3.8, 4) is 0 Å². The Bertz CT molecular complexity index is 558. The fourth-order valence-corrected chi connectivity index (χ4v) is 3.67. The third-order valence-electron chi connectivity index (χ3n) is 3.71. The molecular formula is C16H21N3OS. The van der Waals surface area contributed by atoms with E-state index in [-0.39, 0.29) is 0 Å². The number of aryl methyl sites for hydroxylation is 1. The van der Waals surface area contributed by atoms with E-state index < -0.39 is 0 Å². The fraction of sp³-hybridized carbons (Fsp3) is 0.500. The molecule has 1 aliphatic rings. The van der Waals surface area contributed by atoms with Crippen LogP contribution < -0.4 is 0 Å². The highest BCUT2D eigenvalue weighted by Crippen LogP contribution is 2.19. The number of hydrogen-bond acceptors (Lipinski definition) is 5. The first-order chi connectivity index (χ1) is 10.3. The highest BCUT2D eigenvalue weighted by molar-refractivity contribution is 7.11. The summed E-state index contributed by atoms with van der Waals surface area (Å²) in [5.74, 6) is 0.491. The van der Waals surface area contributed by atoms with Crippen molar-refractivity contribution in [3.63, 3.8) is 0 Å². The van der Waals surface area contributed by atoms with Crippen LogP contribution in [0, 0.1) is 12.8 Å². The molecule has 0 N–H and O–H groups in total. The summed E-state index contributed by atoms with van der Waals surface area (Å²) in [5.41, 5.74) is 1.06. The van der Waals surface area contributed by atoms with Crippen molar-refractivity contribution >= 4 is 11.3 Å². The molecule has 4 nitrogen and oxygen atoms in total. The van der Waals surface area contributed by atoms with Crippen LogP contribution in [-0.2, 0) is 17.7 Å². The summed E-state index contributed by atoms with van der Waals surface area (Å²) in [6.07, 6.45) is 6.28. The molecule has 0 spiro atoms. The van der Waals surface area contributed by atoms with Gasteiger partial charge in [0, 0.05) is 53.9 Å². The molecule has 21 heavy (non-hydrogen) atoms. The van der Waals surface area contributed by atoms with Crippen LogP contribution in [0.15, 0.2) is 30.7 Å². The molecule has 1 unspecified atom stereocenters. The summed E-state index contributed by atoms with van der Waals surface area (Å²) in [5, 5.41) is 0. The molecule has 0 saturated carbocycles. The van der Waals surface area contributed by atoms with Crippen LogP contribution in [0.5, 0.6) is 0 Å². The number of aromatic nitrogens is 2. The van der Waals surface area contributed by atoms with Crippen molar-refractivity contribution in [2.45, 2.75) is 19.9 Å². The van der Waals surface area contributed by atoms with Gasteiger partial charge in [-0.3, -0.25) is 14.9 Å². The van der Waals surface area contributed by atoms with Crippen LogP contribution in [0.3, 0.4) is 0 Å². The summed E-state index contributed by atoms with van der Waals surface area (Å²) >= 11 is 1.89. The summed E-state index contributed by atoms with van der Waals surface area (Å²) in [6.45, 7) is 6.90. The van der Waals surface area contributed by atoms with E-state index in [1.165, 1.54) is 9.75 Å². The molecule has 0 aromatic carbocycles. The van der Waals surface area contributed by atoms with Crippen molar-refractivity contribution in [1.29, 1.82) is 0 Å². The smallest absolute Gasteiger partial charge is 0.0593 e. The largest absolute Gasteiger partial charge is 0.380 e. The first-order valence-electron chi connectivity index (χ1n) is 7.40. The lowest BCUT2D eigenvalue weighted by Crippen LogP contribution is -2.30. The first-order valence-corrected chi connectivity index (χ1v) is 8.21. The molecule has 0 radical (unpaired) electrons. The van der Waals surface area contributed by atoms with Gasteiger partial charge in [-0.2, -0.15) is 0 Å². The molecular weight excluding hydrogens is 282 g/mol. The Hall–Kier alpha value is -1.30. The average molecular weight is 303 g/mol. The third kappa shape index (κ3) is 4.33. The fourth-order valence-electron chi connectivity index (χ4n) is 2.74. The van der Waals surface area contributed by atoms with Crippen LogP contribution >= 0.6 is 11.3 Å². The zero-order chi connectivity index (χ0) is 14.5. The van der Waals surface area contributed by atoms with Crippen LogP contribution in [0.25, 0.3) is 0 Å². The van der Waals surface area contributed by atoms with Crippen molar-refractivity contribution in [2.24, 2.45) is 5.92 Å². The van der Waals surface area contributed by atoms with E-state index in [4.69, 9.17) is 4.74 Å². The average Bonchev–Trinajstić information content (AvgIpc) is 2.76. The van der Waals surface area contributed by atoms with Crippen molar-refractivity contribution in [3.05, 3.63) is 46.2 Å². The van der Waals surface area contributed by atoms with E-state index in [9.17, 15) is 0 Å². The number of rotatable bonds is 4. The van der Waals surface area contributed by atoms with Crippen LogP contribution in [0.1, 0.15) is 15.4 Å². The SMILES string of the molecule is Cc1ccc(CN2CCOCC(Cc3cnccn3)C2)s1. The van der Waals surface area contributed by atoms with Gasteiger partial charge in [-0.05, 0) is 25.5 Å². The molecule has 1 fully saturated rings. The predicted octanol–water partition coefficient (Wildman–Crippen LogP) is 2.54. The third-order valence-corrected chi connectivity index (χ3v) is 4.70. The van der Waals surface area contributed by atoms with Crippen molar-refractivity contribution in [1.82, 2.24) is 14.9 Å². The number of thiophene rings is 1. The minimum absolute atomic E-state index is 0.491. The maximum atomic E-state index is 5.77. The molecule has 0 amide bonds. The van der Waals surface area contributed by atoms with Gasteiger partial charge in [-0.25, -0.2) is 0 Å². The minimum Gasteiger partial charge on any atom is -0.380 e. The van der Waals surface area contributed by atoms with Crippen molar-refractivity contribution in [2.75, 3.05) is 26.3 Å². The van der Waals surface area contributed by atoms with Crippen LogP contribution in [0.4, 0.5) is 0 Å². The number of ether oxygens (including phenoxy) is 1. The topological polar surface area (TPSA) is 38.2 Å². The molecule has 0 aliphatic carbocycles. The molecule has 2 aromatic rings. The second-order valence-electron chi connectivity index (χ2n) is 5.59. The predicted molar refractivity (Wildman–Crippen MR) is 84.4 cm³/mol. The lowest BCUT2D eigenvalue weighted by molar-refractivity contribution is 0.121. The Morgan fingerprint density at radius 3 is 3.10 bits per heavy atom. The second-order valence-corrected chi connectivity index (χ2v) is 6.96. The highest BCUT2D eigenvalue weighted by Gasteiger charge is 2.20. The first kappa shape index (κ1) is 14.6. The molecule has 112 valence electrons. The Morgan fingerprint density at radius 2 is 2.33 bits per heavy atom. The van der Waals surface area contributed by atoms with E-state index in [1.807, 2.05) is 17.5 Å². The van der Waals surface area contributed by atoms with E-state index in [0.29, 0.717) is 5.92 Å². The molecule has 1 atom stereocenters. The van der Waals surface area contributed by atoms with Gasteiger partial charge in [0.15, 0.2) is 0 Å². The summed E-state index contributed by atoms with van der Waals surface area (Å²) < 4.78 is 5.77. The standard InChI is InChI=1S/C16H21N3OS/c1-13-2-3-16(21-13)11-19-6-7-20-12-14(10-19)8-15-9-17-4-5-18-15/h2-5,9,14H,6-8,10-12H2,1H3. The van der Waals surface area contributed by atoms with Gasteiger partial charge in [-0.15, -0.1) is 11.3 Å². The van der Waals surface area contributed by atoms with E-state index in [0.717, 1.165) is 45.0 Å². The molecule has 1 saturated heterocycles. The molecule has 5 heteroatoms. The summed E-state index contributed by atoms with van der Waals surface area (Å²) in [7, 11) is 0. The Labute approximate surface area is 129 Å². The van der Waals surface area contributed by atoms with Gasteiger partial charge in [0.2, 0.25) is 0 Å². The Morgan fingerprint density at radius 1 is 1.38 bits per heavy atom. The monoisotopic (exact) mass is 303 g/mol. The lowest BCUT2D eigenvalue weighted by atomic mass is 10.0. The van der Waals surface area contributed by atoms with Crippen LogP contribution in [-0.4, -0.2) is 41.2 Å². The maximum Gasteiger partial charge on any atom is 0.0593 e. The van der Waals surface area contributed by atoms with Gasteiger partial charge in [0.25, 0.3) is 0 Å². The normalized spacial score (nSPS) is 20.3. The molecule has 2 aromatic heterocycles. The van der Waals surface area contributed by atoms with Gasteiger partial charge in [-0.1, -0.05) is 0 Å². The van der Waals surface area contributed by atoms with Gasteiger partial charge in [0.1, 0.15) is 0 Å². The Kier molecular flexibility index (Phi) is 4.95. The van der Waals surface area contributed by atoms with E-state index in [2.05, 4.69) is 33.9 Å². The van der Waals surface area contributed by atoms with Gasteiger partial charge >= 0.3 is 0 Å². The lowest BCUT2D eigenvalue weighted by Gasteiger charge is -2.22. The minimum atomic E-state index is 0.491. The van der Waals surface area contributed by atoms with Gasteiger partial charge in [0.05, 0.1) is 18.9 Å². The highest BCUT2D eigenvalue weighted by atomic mass is 32.1. The maximum absolute atomic E-state index is 5.77. The second kappa shape index (κ2) is 7.11.